The number of aromatic nitrogens is 2. The van der Waals surface area contributed by atoms with Crippen LogP contribution in [0.25, 0.3) is 0 Å². The topological polar surface area (TPSA) is 109 Å². The Morgan fingerprint density at radius 3 is 2.72 bits per heavy atom. The highest BCUT2D eigenvalue weighted by atomic mass is 16.5. The van der Waals surface area contributed by atoms with Gasteiger partial charge in [0.2, 0.25) is 5.91 Å². The van der Waals surface area contributed by atoms with Crippen molar-refractivity contribution < 1.29 is 14.1 Å². The number of nitrogens with zero attached hydrogens (tertiary/aromatic N) is 3. The fourth-order valence-corrected chi connectivity index (χ4v) is 3.42. The maximum absolute atomic E-state index is 12.6. The number of anilines is 1. The average Bonchev–Trinajstić information content (AvgIpc) is 3.12. The molecule has 0 bridgehead atoms. The monoisotopic (exact) mass is 401 g/mol. The Hall–Kier alpha value is -2.94. The second-order valence-corrected chi connectivity index (χ2v) is 7.38. The van der Waals surface area contributed by atoms with E-state index in [4.69, 9.17) is 4.52 Å². The molecule has 0 saturated carbocycles. The lowest BCUT2D eigenvalue weighted by atomic mass is 10.1. The third-order valence-electron chi connectivity index (χ3n) is 5.05. The normalized spacial score (nSPS) is 15.7. The zero-order valence-electron chi connectivity index (χ0n) is 16.8. The van der Waals surface area contributed by atoms with E-state index in [1.165, 1.54) is 36.1 Å². The lowest BCUT2D eigenvalue weighted by Gasteiger charge is -2.32. The van der Waals surface area contributed by atoms with Gasteiger partial charge in [0.15, 0.2) is 5.82 Å². The van der Waals surface area contributed by atoms with Gasteiger partial charge in [0.05, 0.1) is 0 Å². The number of pyridine rings is 1. The Morgan fingerprint density at radius 2 is 2.03 bits per heavy atom. The van der Waals surface area contributed by atoms with Crippen molar-refractivity contribution in [1.29, 1.82) is 0 Å². The lowest BCUT2D eigenvalue weighted by Crippen LogP contribution is -2.45. The van der Waals surface area contributed by atoms with E-state index < -0.39 is 17.4 Å². The first-order valence-corrected chi connectivity index (χ1v) is 9.89. The first-order valence-electron chi connectivity index (χ1n) is 9.89. The largest absolute Gasteiger partial charge is 0.360 e. The minimum absolute atomic E-state index is 0.0171. The number of amides is 2. The van der Waals surface area contributed by atoms with Gasteiger partial charge < -0.3 is 19.7 Å². The van der Waals surface area contributed by atoms with Crippen LogP contribution in [0.4, 0.5) is 5.82 Å². The zero-order valence-corrected chi connectivity index (χ0v) is 16.8. The number of likely N-dealkylation sites (tertiary alicyclic amines) is 1. The van der Waals surface area contributed by atoms with Crippen LogP contribution >= 0.6 is 0 Å². The molecule has 1 aliphatic heterocycles. The van der Waals surface area contributed by atoms with Crippen LogP contribution in [-0.2, 0) is 11.3 Å². The highest BCUT2D eigenvalue weighted by molar-refractivity contribution is 5.94. The van der Waals surface area contributed by atoms with E-state index in [-0.39, 0.29) is 24.0 Å². The van der Waals surface area contributed by atoms with Crippen molar-refractivity contribution >= 4 is 17.6 Å². The molecule has 1 unspecified atom stereocenters. The molecule has 2 aromatic heterocycles. The molecule has 156 valence electrons. The van der Waals surface area contributed by atoms with Crippen LogP contribution in [0, 0.1) is 6.92 Å². The number of nitrogens with one attached hydrogen (secondary N) is 2. The summed E-state index contributed by atoms with van der Waals surface area (Å²) in [6.45, 7) is 6.10. The fourth-order valence-electron chi connectivity index (χ4n) is 3.42. The molecule has 0 radical (unpaired) electrons. The molecule has 3 heterocycles. The molecule has 1 fully saturated rings. The smallest absolute Gasteiger partial charge is 0.263 e. The highest BCUT2D eigenvalue weighted by Gasteiger charge is 2.19. The molecular formula is C20H27N5O4. The summed E-state index contributed by atoms with van der Waals surface area (Å²) in [5.74, 6) is -0.0199. The number of hydrogen-bond acceptors (Lipinski definition) is 6. The van der Waals surface area contributed by atoms with Gasteiger partial charge in [-0.1, -0.05) is 11.6 Å². The third-order valence-corrected chi connectivity index (χ3v) is 5.05. The number of rotatable bonds is 7. The molecule has 0 aromatic carbocycles. The predicted molar refractivity (Wildman–Crippen MR) is 108 cm³/mol. The number of hydrogen-bond donors (Lipinski definition) is 2. The van der Waals surface area contributed by atoms with Crippen LogP contribution in [0.15, 0.2) is 33.7 Å². The maximum atomic E-state index is 12.6. The van der Waals surface area contributed by atoms with Gasteiger partial charge in [-0.15, -0.1) is 0 Å². The van der Waals surface area contributed by atoms with Gasteiger partial charge in [0.1, 0.15) is 17.9 Å². The number of piperidine rings is 1. The molecule has 1 saturated heterocycles. The summed E-state index contributed by atoms with van der Waals surface area (Å²) in [7, 11) is 0. The Labute approximate surface area is 169 Å². The first-order chi connectivity index (χ1) is 13.9. The number of aryl methyl sites for hydroxylation is 1. The van der Waals surface area contributed by atoms with Crippen molar-refractivity contribution in [2.45, 2.75) is 45.7 Å². The van der Waals surface area contributed by atoms with Gasteiger partial charge >= 0.3 is 0 Å². The van der Waals surface area contributed by atoms with Crippen molar-refractivity contribution in [3.05, 3.63) is 46.1 Å². The third kappa shape index (κ3) is 5.54. The summed E-state index contributed by atoms with van der Waals surface area (Å²) in [6.07, 6.45) is 5.08. The molecule has 9 heteroatoms. The van der Waals surface area contributed by atoms with Crippen LogP contribution in [-0.4, -0.2) is 52.1 Å². The molecule has 1 aliphatic rings. The summed E-state index contributed by atoms with van der Waals surface area (Å²) in [5.41, 5.74) is -0.495. The summed E-state index contributed by atoms with van der Waals surface area (Å²) in [6, 6.07) is 4.84. The van der Waals surface area contributed by atoms with Crippen LogP contribution in [0.5, 0.6) is 0 Å². The first kappa shape index (κ1) is 20.8. The van der Waals surface area contributed by atoms with Crippen molar-refractivity contribution in [1.82, 2.24) is 19.9 Å². The lowest BCUT2D eigenvalue weighted by molar-refractivity contribution is -0.116. The van der Waals surface area contributed by atoms with E-state index >= 15 is 0 Å². The predicted octanol–water partition coefficient (Wildman–Crippen LogP) is 1.39. The van der Waals surface area contributed by atoms with E-state index in [1.54, 1.807) is 19.1 Å². The Balaban J connectivity index is 1.59. The molecular weight excluding hydrogens is 374 g/mol. The molecule has 2 aromatic rings. The van der Waals surface area contributed by atoms with Crippen molar-refractivity contribution in [2.24, 2.45) is 0 Å². The van der Waals surface area contributed by atoms with Crippen LogP contribution in [0.2, 0.25) is 0 Å². The van der Waals surface area contributed by atoms with Gasteiger partial charge in [-0.05, 0) is 51.9 Å². The van der Waals surface area contributed by atoms with Crippen molar-refractivity contribution in [2.75, 3.05) is 25.0 Å². The fraction of sp³-hybridized carbons (Fsp3) is 0.500. The quantitative estimate of drug-likeness (QED) is 0.726. The van der Waals surface area contributed by atoms with Gasteiger partial charge in [0.25, 0.3) is 11.5 Å². The Morgan fingerprint density at radius 1 is 1.28 bits per heavy atom. The molecule has 2 N–H and O–H groups in total. The van der Waals surface area contributed by atoms with E-state index in [1.807, 2.05) is 0 Å². The Bertz CT molecular complexity index is 914. The van der Waals surface area contributed by atoms with Crippen LogP contribution < -0.4 is 16.2 Å². The number of carbonyl (C=O) groups excluding carboxylic acids is 2. The molecule has 0 spiro atoms. The second-order valence-electron chi connectivity index (χ2n) is 7.38. The molecule has 3 rings (SSSR count). The SMILES string of the molecule is Cc1cc(NC(=O)Cn2cccc(C(=O)NCC(C)N3CCCCC3)c2=O)no1. The number of carbonyl (C=O) groups is 2. The Kier molecular flexibility index (Phi) is 6.82. The van der Waals surface area contributed by atoms with E-state index in [2.05, 4.69) is 27.6 Å². The summed E-state index contributed by atoms with van der Waals surface area (Å²) in [5, 5.41) is 9.08. The minimum atomic E-state index is -0.512. The van der Waals surface area contributed by atoms with Gasteiger partial charge in [-0.2, -0.15) is 0 Å². The highest BCUT2D eigenvalue weighted by Crippen LogP contribution is 2.11. The van der Waals surface area contributed by atoms with Gasteiger partial charge in [-0.25, -0.2) is 0 Å². The molecule has 29 heavy (non-hydrogen) atoms. The average molecular weight is 401 g/mol. The molecule has 9 nitrogen and oxygen atoms in total. The molecule has 0 aliphatic carbocycles. The minimum Gasteiger partial charge on any atom is -0.360 e. The summed E-state index contributed by atoms with van der Waals surface area (Å²) < 4.78 is 6.09. The standard InChI is InChI=1S/C20H27N5O4/c1-14(24-8-4-3-5-9-24)12-21-19(27)16-7-6-10-25(20(16)28)13-18(26)22-17-11-15(2)29-23-17/h6-7,10-11,14H,3-5,8-9,12-13H2,1-2H3,(H,21,27)(H,22,23,26). The summed E-state index contributed by atoms with van der Waals surface area (Å²) in [4.78, 5) is 39.7. The maximum Gasteiger partial charge on any atom is 0.263 e. The van der Waals surface area contributed by atoms with Crippen molar-refractivity contribution in [3.63, 3.8) is 0 Å². The van der Waals surface area contributed by atoms with Gasteiger partial charge in [0, 0.05) is 24.8 Å². The zero-order chi connectivity index (χ0) is 20.8. The van der Waals surface area contributed by atoms with E-state index in [0.29, 0.717) is 12.3 Å². The van der Waals surface area contributed by atoms with E-state index in [9.17, 15) is 14.4 Å². The molecule has 2 amide bonds. The molecule has 1 atom stereocenters. The van der Waals surface area contributed by atoms with Crippen molar-refractivity contribution in [3.8, 4) is 0 Å². The second kappa shape index (κ2) is 9.51. The van der Waals surface area contributed by atoms with Crippen LogP contribution in [0.3, 0.4) is 0 Å². The van der Waals surface area contributed by atoms with Gasteiger partial charge in [-0.3, -0.25) is 19.3 Å². The van der Waals surface area contributed by atoms with E-state index in [0.717, 1.165) is 13.1 Å². The summed E-state index contributed by atoms with van der Waals surface area (Å²) >= 11 is 0. The van der Waals surface area contributed by atoms with Crippen LogP contribution in [0.1, 0.15) is 42.3 Å².